The van der Waals surface area contributed by atoms with Gasteiger partial charge in [0.25, 0.3) is 0 Å². The molecule has 3 heteroatoms. The van der Waals surface area contributed by atoms with E-state index in [9.17, 15) is 4.79 Å². The van der Waals surface area contributed by atoms with Crippen LogP contribution in [0.1, 0.15) is 38.3 Å². The summed E-state index contributed by atoms with van der Waals surface area (Å²) in [7, 11) is 0. The molecule has 124 valence electrons. The van der Waals surface area contributed by atoms with E-state index in [1.54, 1.807) is 0 Å². The van der Waals surface area contributed by atoms with Crippen molar-refractivity contribution in [2.24, 2.45) is 0 Å². The lowest BCUT2D eigenvalue weighted by Crippen LogP contribution is -2.13. The molecule has 3 nitrogen and oxygen atoms in total. The van der Waals surface area contributed by atoms with E-state index in [1.165, 1.54) is 5.56 Å². The van der Waals surface area contributed by atoms with Gasteiger partial charge >= 0.3 is 5.97 Å². The summed E-state index contributed by atoms with van der Waals surface area (Å²) in [5, 5.41) is 0. The zero-order chi connectivity index (χ0) is 17.2. The predicted molar refractivity (Wildman–Crippen MR) is 95.3 cm³/mol. The first-order chi connectivity index (χ1) is 11.4. The lowest BCUT2D eigenvalue weighted by Gasteiger charge is -2.19. The van der Waals surface area contributed by atoms with Crippen LogP contribution in [0.25, 0.3) is 6.08 Å². The fraction of sp³-hybridized carbons (Fsp3) is 0.286. The first-order valence-electron chi connectivity index (χ1n) is 8.18. The van der Waals surface area contributed by atoms with Gasteiger partial charge in [0.2, 0.25) is 0 Å². The van der Waals surface area contributed by atoms with Gasteiger partial charge in [0.05, 0.1) is 6.61 Å². The minimum Gasteiger partial charge on any atom is -0.493 e. The minimum absolute atomic E-state index is 0.0768. The number of fused-ring (bicyclic) bond motifs is 1. The lowest BCUT2D eigenvalue weighted by molar-refractivity contribution is -0.130. The van der Waals surface area contributed by atoms with Crippen LogP contribution in [0.3, 0.4) is 0 Å². The fourth-order valence-electron chi connectivity index (χ4n) is 2.62. The van der Waals surface area contributed by atoms with Gasteiger partial charge < -0.3 is 9.47 Å². The Bertz CT molecular complexity index is 764. The molecule has 0 bridgehead atoms. The third-order valence-electron chi connectivity index (χ3n) is 4.07. The summed E-state index contributed by atoms with van der Waals surface area (Å²) < 4.78 is 11.2. The maximum atomic E-state index is 12.5. The van der Waals surface area contributed by atoms with Crippen molar-refractivity contribution in [3.8, 4) is 11.5 Å². The molecule has 0 fully saturated rings. The average molecular weight is 322 g/mol. The van der Waals surface area contributed by atoms with Gasteiger partial charge in [-0.3, -0.25) is 0 Å². The van der Waals surface area contributed by atoms with Gasteiger partial charge in [-0.1, -0.05) is 51.1 Å². The largest absolute Gasteiger partial charge is 0.493 e. The fourth-order valence-corrected chi connectivity index (χ4v) is 2.62. The summed E-state index contributed by atoms with van der Waals surface area (Å²) in [4.78, 5) is 12.5. The summed E-state index contributed by atoms with van der Waals surface area (Å²) in [6.45, 7) is 6.94. The second kappa shape index (κ2) is 6.52. The van der Waals surface area contributed by atoms with Crippen LogP contribution in [0.15, 0.2) is 54.1 Å². The first-order valence-corrected chi connectivity index (χ1v) is 8.18. The Balaban J connectivity index is 1.76. The molecule has 3 rings (SSSR count). The highest BCUT2D eigenvalue weighted by atomic mass is 16.5. The highest BCUT2D eigenvalue weighted by Gasteiger charge is 2.18. The molecular weight excluding hydrogens is 300 g/mol. The summed E-state index contributed by atoms with van der Waals surface area (Å²) in [6, 6.07) is 15.4. The van der Waals surface area contributed by atoms with E-state index in [-0.39, 0.29) is 11.4 Å². The molecule has 1 heterocycles. The van der Waals surface area contributed by atoms with E-state index < -0.39 is 0 Å². The molecule has 0 N–H and O–H groups in total. The van der Waals surface area contributed by atoms with Crippen molar-refractivity contribution in [3.05, 3.63) is 65.2 Å². The molecular formula is C21H22O3. The van der Waals surface area contributed by atoms with Crippen molar-refractivity contribution < 1.29 is 14.3 Å². The summed E-state index contributed by atoms with van der Waals surface area (Å²) in [6.07, 6.45) is 2.39. The number of esters is 1. The van der Waals surface area contributed by atoms with Crippen LogP contribution in [0.2, 0.25) is 0 Å². The molecule has 2 aromatic rings. The quantitative estimate of drug-likeness (QED) is 0.591. The van der Waals surface area contributed by atoms with Gasteiger partial charge in [-0.15, -0.1) is 0 Å². The number of rotatable bonds is 2. The van der Waals surface area contributed by atoms with Crippen molar-refractivity contribution in [2.45, 2.75) is 32.6 Å². The summed E-state index contributed by atoms with van der Waals surface area (Å²) in [5.74, 6) is 1.04. The van der Waals surface area contributed by atoms with Crippen LogP contribution < -0.4 is 9.47 Å². The van der Waals surface area contributed by atoms with Crippen LogP contribution >= 0.6 is 0 Å². The van der Waals surface area contributed by atoms with Crippen LogP contribution in [0.4, 0.5) is 0 Å². The molecule has 0 spiro atoms. The molecule has 0 saturated carbocycles. The Hall–Kier alpha value is -2.55. The van der Waals surface area contributed by atoms with Crippen molar-refractivity contribution in [3.63, 3.8) is 0 Å². The normalized spacial score (nSPS) is 14.0. The summed E-state index contributed by atoms with van der Waals surface area (Å²) in [5.41, 5.74) is 2.82. The molecule has 0 aromatic heterocycles. The van der Waals surface area contributed by atoms with E-state index >= 15 is 0 Å². The van der Waals surface area contributed by atoms with E-state index in [1.807, 2.05) is 54.6 Å². The minimum atomic E-state index is -0.321. The molecule has 0 atom stereocenters. The van der Waals surface area contributed by atoms with E-state index in [2.05, 4.69) is 20.8 Å². The van der Waals surface area contributed by atoms with Gasteiger partial charge in [0.15, 0.2) is 0 Å². The van der Waals surface area contributed by atoms with E-state index in [0.29, 0.717) is 24.4 Å². The molecule has 0 radical (unpaired) electrons. The maximum absolute atomic E-state index is 12.5. The van der Waals surface area contributed by atoms with Crippen molar-refractivity contribution in [1.82, 2.24) is 0 Å². The van der Waals surface area contributed by atoms with Crippen molar-refractivity contribution in [2.75, 3.05) is 6.61 Å². The third-order valence-corrected chi connectivity index (χ3v) is 4.07. The first kappa shape index (κ1) is 16.3. The zero-order valence-corrected chi connectivity index (χ0v) is 14.3. The molecule has 24 heavy (non-hydrogen) atoms. The number of benzene rings is 2. The molecule has 0 unspecified atom stereocenters. The Labute approximate surface area is 142 Å². The van der Waals surface area contributed by atoms with Gasteiger partial charge in [-0.2, -0.15) is 0 Å². The highest BCUT2D eigenvalue weighted by molar-refractivity contribution is 5.95. The van der Waals surface area contributed by atoms with Gasteiger partial charge in [-0.25, -0.2) is 4.79 Å². The highest BCUT2D eigenvalue weighted by Crippen LogP contribution is 2.27. The topological polar surface area (TPSA) is 35.5 Å². The van der Waals surface area contributed by atoms with Crippen LogP contribution in [-0.4, -0.2) is 12.6 Å². The SMILES string of the molecule is CC(C)(C)c1ccc(OC(=O)C2=Cc3ccccc3OCC2)cc1. The molecule has 0 saturated heterocycles. The lowest BCUT2D eigenvalue weighted by atomic mass is 9.87. The number of ether oxygens (including phenoxy) is 2. The molecule has 0 aliphatic carbocycles. The van der Waals surface area contributed by atoms with Crippen molar-refractivity contribution >= 4 is 12.0 Å². The molecule has 2 aromatic carbocycles. The van der Waals surface area contributed by atoms with Crippen LogP contribution in [0.5, 0.6) is 11.5 Å². The Morgan fingerprint density at radius 1 is 1.04 bits per heavy atom. The Morgan fingerprint density at radius 2 is 1.75 bits per heavy atom. The van der Waals surface area contributed by atoms with Crippen molar-refractivity contribution in [1.29, 1.82) is 0 Å². The van der Waals surface area contributed by atoms with Gasteiger partial charge in [0, 0.05) is 17.6 Å². The standard InChI is InChI=1S/C21H22O3/c1-21(2,3)17-8-10-18(11-9-17)24-20(22)16-12-13-23-19-7-5-4-6-15(19)14-16/h4-11,14H,12-13H2,1-3H3. The molecule has 1 aliphatic heterocycles. The number of hydrogen-bond donors (Lipinski definition) is 0. The number of hydrogen-bond acceptors (Lipinski definition) is 3. The van der Waals surface area contributed by atoms with Crippen LogP contribution in [-0.2, 0) is 10.2 Å². The maximum Gasteiger partial charge on any atom is 0.339 e. The second-order valence-electron chi connectivity index (χ2n) is 6.97. The third kappa shape index (κ3) is 3.67. The average Bonchev–Trinajstić information content (AvgIpc) is 2.77. The smallest absolute Gasteiger partial charge is 0.339 e. The van der Waals surface area contributed by atoms with Crippen LogP contribution in [0, 0.1) is 0 Å². The van der Waals surface area contributed by atoms with E-state index in [4.69, 9.17) is 9.47 Å². The van der Waals surface area contributed by atoms with Gasteiger partial charge in [-0.05, 0) is 35.3 Å². The number of carbonyl (C=O) groups is 1. The molecule has 1 aliphatic rings. The number of carbonyl (C=O) groups excluding carboxylic acids is 1. The predicted octanol–water partition coefficient (Wildman–Crippen LogP) is 4.76. The van der Waals surface area contributed by atoms with Gasteiger partial charge in [0.1, 0.15) is 11.5 Å². The zero-order valence-electron chi connectivity index (χ0n) is 14.3. The number of para-hydroxylation sites is 1. The summed E-state index contributed by atoms with van der Waals surface area (Å²) >= 11 is 0. The molecule has 0 amide bonds. The monoisotopic (exact) mass is 322 g/mol. The second-order valence-corrected chi connectivity index (χ2v) is 6.97. The Morgan fingerprint density at radius 3 is 2.46 bits per heavy atom. The Kier molecular flexibility index (Phi) is 4.43. The van der Waals surface area contributed by atoms with E-state index in [0.717, 1.165) is 11.3 Å².